The van der Waals surface area contributed by atoms with E-state index in [1.807, 2.05) is 0 Å². The van der Waals surface area contributed by atoms with Gasteiger partial charge in [0, 0.05) is 12.7 Å². The van der Waals surface area contributed by atoms with Crippen LogP contribution in [0.15, 0.2) is 24.3 Å². The number of hydrogen-bond donors (Lipinski definition) is 1. The van der Waals surface area contributed by atoms with Crippen LogP contribution in [0.2, 0.25) is 0 Å². The summed E-state index contributed by atoms with van der Waals surface area (Å²) in [5, 5.41) is 4.12. The van der Waals surface area contributed by atoms with Crippen molar-refractivity contribution in [2.75, 3.05) is 19.0 Å². The number of nitrogens with one attached hydrogen (secondary N) is 1. The summed E-state index contributed by atoms with van der Waals surface area (Å²) in [5.41, 5.74) is 1.20. The number of nitrogens with zero attached hydrogens (tertiary/aromatic N) is 2. The van der Waals surface area contributed by atoms with Crippen LogP contribution in [0.5, 0.6) is 0 Å². The highest BCUT2D eigenvalue weighted by atomic mass is 16.7. The minimum atomic E-state index is -1.02. The maximum absolute atomic E-state index is 12.8. The number of para-hydroxylation sites is 1. The Balaban J connectivity index is 1.78. The molecule has 0 saturated carbocycles. The highest BCUT2D eigenvalue weighted by molar-refractivity contribution is 6.07. The summed E-state index contributed by atoms with van der Waals surface area (Å²) in [6.45, 7) is 1.86. The Labute approximate surface area is 155 Å². The van der Waals surface area contributed by atoms with E-state index in [2.05, 4.69) is 5.32 Å². The van der Waals surface area contributed by atoms with Crippen molar-refractivity contribution in [3.63, 3.8) is 0 Å². The van der Waals surface area contributed by atoms with Crippen molar-refractivity contribution in [3.8, 4) is 0 Å². The third-order valence-electron chi connectivity index (χ3n) is 5.18. The Bertz CT molecular complexity index is 840. The second-order valence-corrected chi connectivity index (χ2v) is 6.69. The molecule has 27 heavy (non-hydrogen) atoms. The molecular weight excluding hydrogens is 354 g/mol. The lowest BCUT2D eigenvalue weighted by Crippen LogP contribution is -2.45. The highest BCUT2D eigenvalue weighted by Crippen LogP contribution is 2.48. The van der Waals surface area contributed by atoms with Crippen molar-refractivity contribution in [2.45, 2.75) is 31.5 Å². The molecule has 9 heteroatoms. The van der Waals surface area contributed by atoms with Gasteiger partial charge in [-0.1, -0.05) is 18.2 Å². The van der Waals surface area contributed by atoms with E-state index in [0.717, 1.165) is 4.90 Å². The van der Waals surface area contributed by atoms with Crippen LogP contribution in [0.25, 0.3) is 0 Å². The van der Waals surface area contributed by atoms with Gasteiger partial charge in [0.1, 0.15) is 6.04 Å². The maximum atomic E-state index is 12.8. The van der Waals surface area contributed by atoms with E-state index in [-0.39, 0.29) is 18.9 Å². The molecule has 1 aromatic rings. The lowest BCUT2D eigenvalue weighted by atomic mass is 9.89. The standard InChI is InChI=1S/C18H19N3O6/c1-3-26-12(22)8-11-16(23)19-10-7-5-4-6-9(10)14-13-15(27-21(11)14)18(25)20(2)17(13)24/h4-7,11,13-15H,3,8H2,1-2H3,(H,19,23)/t11-,13+,14-,15-/m1/s1. The lowest BCUT2D eigenvalue weighted by Gasteiger charge is -2.29. The zero-order valence-electron chi connectivity index (χ0n) is 14.9. The van der Waals surface area contributed by atoms with E-state index in [9.17, 15) is 19.2 Å². The molecule has 142 valence electrons. The van der Waals surface area contributed by atoms with Crippen molar-refractivity contribution in [3.05, 3.63) is 29.8 Å². The molecule has 3 aliphatic rings. The third kappa shape index (κ3) is 2.62. The quantitative estimate of drug-likeness (QED) is 0.597. The molecule has 3 amide bonds. The van der Waals surface area contributed by atoms with Crippen molar-refractivity contribution in [1.82, 2.24) is 9.96 Å². The molecule has 9 nitrogen and oxygen atoms in total. The van der Waals surface area contributed by atoms with Crippen molar-refractivity contribution in [1.29, 1.82) is 0 Å². The normalized spacial score (nSPS) is 29.7. The van der Waals surface area contributed by atoms with Crippen LogP contribution in [0.3, 0.4) is 0 Å². The Morgan fingerprint density at radius 1 is 1.22 bits per heavy atom. The molecule has 3 aliphatic heterocycles. The molecule has 0 spiro atoms. The zero-order valence-corrected chi connectivity index (χ0v) is 14.9. The fourth-order valence-corrected chi connectivity index (χ4v) is 3.93. The van der Waals surface area contributed by atoms with Gasteiger partial charge in [0.05, 0.1) is 25.0 Å². The monoisotopic (exact) mass is 373 g/mol. The summed E-state index contributed by atoms with van der Waals surface area (Å²) >= 11 is 0. The van der Waals surface area contributed by atoms with Gasteiger partial charge >= 0.3 is 5.97 Å². The van der Waals surface area contributed by atoms with Gasteiger partial charge in [-0.2, -0.15) is 5.06 Å². The Morgan fingerprint density at radius 3 is 2.70 bits per heavy atom. The van der Waals surface area contributed by atoms with E-state index in [0.29, 0.717) is 11.3 Å². The number of likely N-dealkylation sites (N-methyl/N-ethyl adjacent to an activating group) is 1. The molecular formula is C18H19N3O6. The van der Waals surface area contributed by atoms with E-state index in [1.165, 1.54) is 12.1 Å². The first-order valence-corrected chi connectivity index (χ1v) is 8.76. The van der Waals surface area contributed by atoms with E-state index in [4.69, 9.17) is 9.57 Å². The second-order valence-electron chi connectivity index (χ2n) is 6.69. The number of hydroxylamine groups is 2. The molecule has 2 fully saturated rings. The molecule has 0 unspecified atom stereocenters. The number of imide groups is 1. The van der Waals surface area contributed by atoms with Crippen LogP contribution in [-0.4, -0.2) is 59.5 Å². The molecule has 4 atom stereocenters. The van der Waals surface area contributed by atoms with Gasteiger partial charge in [-0.3, -0.25) is 28.9 Å². The molecule has 1 N–H and O–H groups in total. The number of fused-ring (bicyclic) bond motifs is 5. The van der Waals surface area contributed by atoms with Crippen LogP contribution < -0.4 is 5.32 Å². The van der Waals surface area contributed by atoms with Crippen LogP contribution >= 0.6 is 0 Å². The highest BCUT2D eigenvalue weighted by Gasteiger charge is 2.61. The fraction of sp³-hybridized carbons (Fsp3) is 0.444. The predicted molar refractivity (Wildman–Crippen MR) is 90.8 cm³/mol. The number of benzene rings is 1. The van der Waals surface area contributed by atoms with Crippen molar-refractivity contribution < 1.29 is 28.8 Å². The SMILES string of the molecule is CCOC(=O)C[C@@H]1C(=O)Nc2ccccc2[C@@H]2[C@@H]3C(=O)N(C)C(=O)[C@@H]3ON12. The fourth-order valence-electron chi connectivity index (χ4n) is 3.93. The molecule has 3 heterocycles. The minimum Gasteiger partial charge on any atom is -0.466 e. The Hall–Kier alpha value is -2.78. The van der Waals surface area contributed by atoms with Gasteiger partial charge in [0.15, 0.2) is 6.10 Å². The molecule has 0 aliphatic carbocycles. The zero-order chi connectivity index (χ0) is 19.3. The van der Waals surface area contributed by atoms with E-state index in [1.54, 1.807) is 31.2 Å². The molecule has 0 bridgehead atoms. The number of carbonyl (C=O) groups is 4. The van der Waals surface area contributed by atoms with Crippen LogP contribution in [-0.2, 0) is 28.8 Å². The Morgan fingerprint density at radius 2 is 1.96 bits per heavy atom. The molecule has 0 aromatic heterocycles. The summed E-state index contributed by atoms with van der Waals surface area (Å²) in [6, 6.07) is 5.37. The minimum absolute atomic E-state index is 0.185. The smallest absolute Gasteiger partial charge is 0.308 e. The summed E-state index contributed by atoms with van der Waals surface area (Å²) in [4.78, 5) is 56.8. The number of amides is 3. The van der Waals surface area contributed by atoms with Crippen LogP contribution in [0.1, 0.15) is 24.9 Å². The van der Waals surface area contributed by atoms with Gasteiger partial charge in [-0.15, -0.1) is 0 Å². The predicted octanol–water partition coefficient (Wildman–Crippen LogP) is 0.232. The Kier molecular flexibility index (Phi) is 4.20. The molecule has 2 saturated heterocycles. The molecule has 4 rings (SSSR count). The first-order chi connectivity index (χ1) is 12.9. The topological polar surface area (TPSA) is 105 Å². The molecule has 1 aromatic carbocycles. The third-order valence-corrected chi connectivity index (χ3v) is 5.18. The van der Waals surface area contributed by atoms with Gasteiger partial charge < -0.3 is 10.1 Å². The number of anilines is 1. The van der Waals surface area contributed by atoms with Crippen LogP contribution in [0.4, 0.5) is 5.69 Å². The average molecular weight is 373 g/mol. The number of hydrogen-bond acceptors (Lipinski definition) is 7. The van der Waals surface area contributed by atoms with E-state index >= 15 is 0 Å². The largest absolute Gasteiger partial charge is 0.466 e. The number of rotatable bonds is 3. The van der Waals surface area contributed by atoms with Crippen LogP contribution in [0, 0.1) is 5.92 Å². The van der Waals surface area contributed by atoms with Gasteiger partial charge in [0.2, 0.25) is 11.8 Å². The van der Waals surface area contributed by atoms with E-state index < -0.39 is 41.9 Å². The van der Waals surface area contributed by atoms with Gasteiger partial charge in [0.25, 0.3) is 5.91 Å². The summed E-state index contributed by atoms with van der Waals surface area (Å²) < 4.78 is 4.97. The van der Waals surface area contributed by atoms with Gasteiger partial charge in [-0.05, 0) is 18.6 Å². The van der Waals surface area contributed by atoms with Crippen molar-refractivity contribution in [2.24, 2.45) is 5.92 Å². The first kappa shape index (κ1) is 17.6. The van der Waals surface area contributed by atoms with Crippen molar-refractivity contribution >= 4 is 29.4 Å². The first-order valence-electron chi connectivity index (χ1n) is 8.76. The summed E-state index contributed by atoms with van der Waals surface area (Å²) in [5.74, 6) is -2.60. The number of ether oxygens (including phenoxy) is 1. The lowest BCUT2D eigenvalue weighted by molar-refractivity contribution is -0.200. The van der Waals surface area contributed by atoms with Gasteiger partial charge in [-0.25, -0.2) is 0 Å². The number of likely N-dealkylation sites (tertiary alicyclic amines) is 1. The summed E-state index contributed by atoms with van der Waals surface area (Å²) in [7, 11) is 1.42. The number of esters is 1. The molecule has 0 radical (unpaired) electrons. The average Bonchev–Trinajstić information content (AvgIpc) is 3.09. The maximum Gasteiger partial charge on any atom is 0.308 e. The second kappa shape index (κ2) is 6.43. The summed E-state index contributed by atoms with van der Waals surface area (Å²) in [6.07, 6.45) is -1.25. The number of carbonyl (C=O) groups excluding carboxylic acids is 4.